The van der Waals surface area contributed by atoms with Crippen molar-refractivity contribution in [3.05, 3.63) is 21.5 Å². The normalized spacial score (nSPS) is 12.7. The molecule has 1 rings (SSSR count). The third-order valence-electron chi connectivity index (χ3n) is 3.06. The van der Waals surface area contributed by atoms with Gasteiger partial charge in [0.15, 0.2) is 0 Å². The van der Waals surface area contributed by atoms with Crippen LogP contribution in [0.15, 0.2) is 0 Å². The molecule has 0 spiro atoms. The highest BCUT2D eigenvalue weighted by molar-refractivity contribution is 5.40. The van der Waals surface area contributed by atoms with E-state index in [1.807, 2.05) is 6.92 Å². The molecular weight excluding hydrogens is 232 g/mol. The molecular formula is C12H22N4O2. The Bertz CT molecular complexity index is 408. The standard InChI is InChI=1S/C12H22N4O2/c1-5-7-10(13-6-2)8-11-12(16(17)18)9(3)14-15(11)4/h10,13H,5-8H2,1-4H3. The van der Waals surface area contributed by atoms with E-state index in [1.54, 1.807) is 18.7 Å². The van der Waals surface area contributed by atoms with Gasteiger partial charge in [-0.05, 0) is 19.9 Å². The fourth-order valence-corrected chi connectivity index (χ4v) is 2.31. The summed E-state index contributed by atoms with van der Waals surface area (Å²) in [4.78, 5) is 10.8. The first-order chi connectivity index (χ1) is 8.51. The van der Waals surface area contributed by atoms with Gasteiger partial charge in [-0.3, -0.25) is 14.8 Å². The fraction of sp³-hybridized carbons (Fsp3) is 0.750. The Morgan fingerprint density at radius 2 is 2.17 bits per heavy atom. The third-order valence-corrected chi connectivity index (χ3v) is 3.06. The lowest BCUT2D eigenvalue weighted by Gasteiger charge is -2.16. The highest BCUT2D eigenvalue weighted by atomic mass is 16.6. The van der Waals surface area contributed by atoms with Crippen LogP contribution in [0.1, 0.15) is 38.1 Å². The Hall–Kier alpha value is -1.43. The molecule has 0 aliphatic carbocycles. The molecule has 102 valence electrons. The number of rotatable bonds is 7. The summed E-state index contributed by atoms with van der Waals surface area (Å²) >= 11 is 0. The van der Waals surface area contributed by atoms with Gasteiger partial charge < -0.3 is 5.32 Å². The first kappa shape index (κ1) is 14.6. The van der Waals surface area contributed by atoms with E-state index in [0.717, 1.165) is 19.4 Å². The zero-order valence-corrected chi connectivity index (χ0v) is 11.6. The molecule has 0 aliphatic heterocycles. The van der Waals surface area contributed by atoms with Crippen LogP contribution >= 0.6 is 0 Å². The first-order valence-corrected chi connectivity index (χ1v) is 6.41. The molecule has 1 aromatic heterocycles. The van der Waals surface area contributed by atoms with Crippen LogP contribution in [0, 0.1) is 17.0 Å². The minimum atomic E-state index is -0.327. The van der Waals surface area contributed by atoms with E-state index in [2.05, 4.69) is 17.3 Å². The second-order valence-electron chi connectivity index (χ2n) is 4.51. The van der Waals surface area contributed by atoms with Gasteiger partial charge in [0.25, 0.3) is 0 Å². The topological polar surface area (TPSA) is 73.0 Å². The Kier molecular flexibility index (Phi) is 5.27. The van der Waals surface area contributed by atoms with Crippen LogP contribution < -0.4 is 5.32 Å². The van der Waals surface area contributed by atoms with Gasteiger partial charge in [-0.2, -0.15) is 5.10 Å². The zero-order valence-electron chi connectivity index (χ0n) is 11.6. The fourth-order valence-electron chi connectivity index (χ4n) is 2.31. The van der Waals surface area contributed by atoms with Gasteiger partial charge in [-0.25, -0.2) is 0 Å². The maximum Gasteiger partial charge on any atom is 0.313 e. The molecule has 1 heterocycles. The predicted octanol–water partition coefficient (Wildman–Crippen LogP) is 1.96. The molecule has 1 unspecified atom stereocenters. The van der Waals surface area contributed by atoms with E-state index < -0.39 is 0 Å². The summed E-state index contributed by atoms with van der Waals surface area (Å²) in [5, 5.41) is 18.6. The van der Waals surface area contributed by atoms with Crippen LogP contribution in [-0.4, -0.2) is 27.3 Å². The first-order valence-electron chi connectivity index (χ1n) is 6.41. The molecule has 6 nitrogen and oxygen atoms in total. The quantitative estimate of drug-likeness (QED) is 0.596. The molecule has 0 amide bonds. The monoisotopic (exact) mass is 254 g/mol. The molecule has 1 aromatic rings. The van der Waals surface area contributed by atoms with E-state index in [9.17, 15) is 10.1 Å². The molecule has 0 aromatic carbocycles. The molecule has 1 atom stereocenters. The van der Waals surface area contributed by atoms with Gasteiger partial charge in [-0.1, -0.05) is 20.3 Å². The van der Waals surface area contributed by atoms with E-state index >= 15 is 0 Å². The number of likely N-dealkylation sites (N-methyl/N-ethyl adjacent to an activating group) is 1. The minimum absolute atomic E-state index is 0.163. The summed E-state index contributed by atoms with van der Waals surface area (Å²) < 4.78 is 1.63. The maximum absolute atomic E-state index is 11.1. The average molecular weight is 254 g/mol. The Labute approximate surface area is 108 Å². The molecule has 18 heavy (non-hydrogen) atoms. The van der Waals surface area contributed by atoms with Crippen LogP contribution in [0.5, 0.6) is 0 Å². The maximum atomic E-state index is 11.1. The second kappa shape index (κ2) is 6.49. The molecule has 0 fully saturated rings. The number of aromatic nitrogens is 2. The summed E-state index contributed by atoms with van der Waals surface area (Å²) in [7, 11) is 1.77. The molecule has 0 bridgehead atoms. The Balaban J connectivity index is 2.97. The lowest BCUT2D eigenvalue weighted by atomic mass is 10.0. The smallest absolute Gasteiger partial charge is 0.313 e. The summed E-state index contributed by atoms with van der Waals surface area (Å²) in [6.45, 7) is 6.72. The molecule has 0 radical (unpaired) electrons. The summed E-state index contributed by atoms with van der Waals surface area (Å²) in [5.74, 6) is 0. The van der Waals surface area contributed by atoms with Crippen molar-refractivity contribution < 1.29 is 4.92 Å². The number of hydrogen-bond donors (Lipinski definition) is 1. The Morgan fingerprint density at radius 1 is 1.50 bits per heavy atom. The van der Waals surface area contributed by atoms with Crippen molar-refractivity contribution in [3.8, 4) is 0 Å². The largest absolute Gasteiger partial charge is 0.314 e. The average Bonchev–Trinajstić information content (AvgIpc) is 2.54. The van der Waals surface area contributed by atoms with E-state index in [-0.39, 0.29) is 16.7 Å². The van der Waals surface area contributed by atoms with Gasteiger partial charge in [-0.15, -0.1) is 0 Å². The molecule has 1 N–H and O–H groups in total. The van der Waals surface area contributed by atoms with Crippen molar-refractivity contribution in [2.24, 2.45) is 7.05 Å². The Morgan fingerprint density at radius 3 is 2.67 bits per heavy atom. The molecule has 0 saturated heterocycles. The third kappa shape index (κ3) is 3.29. The predicted molar refractivity (Wildman–Crippen MR) is 70.7 cm³/mol. The van der Waals surface area contributed by atoms with Gasteiger partial charge in [0.1, 0.15) is 11.4 Å². The van der Waals surface area contributed by atoms with Crippen molar-refractivity contribution in [2.75, 3.05) is 6.54 Å². The SMILES string of the molecule is CCCC(Cc1c([N+](=O)[O-])c(C)nn1C)NCC. The summed E-state index contributed by atoms with van der Waals surface area (Å²) in [5.41, 5.74) is 1.36. The van der Waals surface area contributed by atoms with Gasteiger partial charge >= 0.3 is 5.69 Å². The lowest BCUT2D eigenvalue weighted by molar-refractivity contribution is -0.386. The van der Waals surface area contributed by atoms with Crippen LogP contribution in [-0.2, 0) is 13.5 Å². The van der Waals surface area contributed by atoms with Crippen molar-refractivity contribution in [2.45, 2.75) is 46.1 Å². The summed E-state index contributed by atoms with van der Waals surface area (Å²) in [6.07, 6.45) is 2.72. The van der Waals surface area contributed by atoms with Crippen molar-refractivity contribution >= 4 is 5.69 Å². The van der Waals surface area contributed by atoms with Crippen LogP contribution in [0.25, 0.3) is 0 Å². The van der Waals surface area contributed by atoms with E-state index in [4.69, 9.17) is 0 Å². The number of aryl methyl sites for hydroxylation is 2. The van der Waals surface area contributed by atoms with E-state index in [1.165, 1.54) is 0 Å². The van der Waals surface area contributed by atoms with Gasteiger partial charge in [0.05, 0.1) is 4.92 Å². The highest BCUT2D eigenvalue weighted by Gasteiger charge is 2.25. The van der Waals surface area contributed by atoms with Crippen molar-refractivity contribution in [1.82, 2.24) is 15.1 Å². The van der Waals surface area contributed by atoms with Crippen molar-refractivity contribution in [3.63, 3.8) is 0 Å². The number of nitro groups is 1. The molecule has 0 aliphatic rings. The summed E-state index contributed by atoms with van der Waals surface area (Å²) in [6, 6.07) is 0.272. The number of nitrogens with one attached hydrogen (secondary N) is 1. The highest BCUT2D eigenvalue weighted by Crippen LogP contribution is 2.24. The van der Waals surface area contributed by atoms with Crippen LogP contribution in [0.3, 0.4) is 0 Å². The van der Waals surface area contributed by atoms with Crippen LogP contribution in [0.4, 0.5) is 5.69 Å². The second-order valence-corrected chi connectivity index (χ2v) is 4.51. The van der Waals surface area contributed by atoms with E-state index in [0.29, 0.717) is 17.8 Å². The van der Waals surface area contributed by atoms with Gasteiger partial charge in [0, 0.05) is 19.5 Å². The minimum Gasteiger partial charge on any atom is -0.314 e. The van der Waals surface area contributed by atoms with Crippen LogP contribution in [0.2, 0.25) is 0 Å². The zero-order chi connectivity index (χ0) is 13.7. The lowest BCUT2D eigenvalue weighted by Crippen LogP contribution is -2.31. The number of hydrogen-bond acceptors (Lipinski definition) is 4. The van der Waals surface area contributed by atoms with Crippen molar-refractivity contribution in [1.29, 1.82) is 0 Å². The molecule has 6 heteroatoms. The number of nitrogens with zero attached hydrogens (tertiary/aromatic N) is 3. The molecule has 0 saturated carbocycles. The van der Waals surface area contributed by atoms with Gasteiger partial charge in [0.2, 0.25) is 0 Å².